The summed E-state index contributed by atoms with van der Waals surface area (Å²) < 4.78 is 2.15. The van der Waals surface area contributed by atoms with Crippen LogP contribution < -0.4 is 9.80 Å². The molecule has 0 aromatic heterocycles. The van der Waals surface area contributed by atoms with Gasteiger partial charge in [0.1, 0.15) is 0 Å². The van der Waals surface area contributed by atoms with Crippen molar-refractivity contribution in [2.75, 3.05) is 9.80 Å². The van der Waals surface area contributed by atoms with Gasteiger partial charge in [0.2, 0.25) is 0 Å². The second kappa shape index (κ2) is 20.9. The van der Waals surface area contributed by atoms with Crippen molar-refractivity contribution in [3.63, 3.8) is 0 Å². The Bertz CT molecular complexity index is 3070. The molecule has 0 unspecified atom stereocenters. The molecular weight excluding hydrogens is 1020 g/mol. The molecule has 0 bridgehead atoms. The van der Waals surface area contributed by atoms with E-state index in [0.29, 0.717) is 0 Å². The molecule has 2 nitrogen and oxygen atoms in total. The number of halogens is 2. The van der Waals surface area contributed by atoms with Gasteiger partial charge in [0.15, 0.2) is 0 Å². The number of benzene rings is 8. The van der Waals surface area contributed by atoms with E-state index in [9.17, 15) is 0 Å². The van der Waals surface area contributed by atoms with Crippen LogP contribution in [0.15, 0.2) is 155 Å². The van der Waals surface area contributed by atoms with E-state index >= 15 is 0 Å². The van der Waals surface area contributed by atoms with Crippen LogP contribution in [0.25, 0.3) is 11.1 Å². The number of nitrogens with zero attached hydrogens (tertiary/aromatic N) is 2. The molecule has 3 aliphatic rings. The Hall–Kier alpha value is -5.68. The van der Waals surface area contributed by atoms with E-state index in [1.807, 2.05) is 0 Å². The number of rotatable bonds is 18. The van der Waals surface area contributed by atoms with Crippen LogP contribution in [0.1, 0.15) is 143 Å². The van der Waals surface area contributed by atoms with Gasteiger partial charge in [0.05, 0.1) is 16.8 Å². The molecule has 0 radical (unpaired) electrons. The van der Waals surface area contributed by atoms with Crippen molar-refractivity contribution in [3.8, 4) is 11.1 Å². The normalized spacial score (nSPS) is 13.6. The molecule has 0 saturated heterocycles. The number of hydrogen-bond acceptors (Lipinski definition) is 2. The van der Waals surface area contributed by atoms with Gasteiger partial charge in [-0.05, 0) is 241 Å². The van der Waals surface area contributed by atoms with Crippen LogP contribution in [0.4, 0.5) is 34.1 Å². The fourth-order valence-corrected chi connectivity index (χ4v) is 13.3. The Morgan fingerprint density at radius 2 is 0.753 bits per heavy atom. The van der Waals surface area contributed by atoms with Crippen LogP contribution in [0, 0.1) is 27.7 Å². The average molecular weight is 1090 g/mol. The first-order valence-electron chi connectivity index (χ1n) is 27.4. The predicted octanol–water partition coefficient (Wildman–Crippen LogP) is 20.2. The zero-order chi connectivity index (χ0) is 50.4. The first kappa shape index (κ1) is 49.5. The number of fused-ring (bicyclic) bond motifs is 5. The summed E-state index contributed by atoms with van der Waals surface area (Å²) in [6.45, 7) is 13.9. The van der Waals surface area contributed by atoms with E-state index in [1.54, 1.807) is 0 Å². The number of aryl methyl sites for hydroxylation is 10. The highest BCUT2D eigenvalue weighted by Gasteiger charge is 2.48. The van der Waals surface area contributed by atoms with Crippen LogP contribution in [0.2, 0.25) is 0 Å². The van der Waals surface area contributed by atoms with E-state index in [4.69, 9.17) is 0 Å². The maximum atomic E-state index is 3.78. The van der Waals surface area contributed by atoms with Crippen LogP contribution >= 0.6 is 31.9 Å². The quantitative estimate of drug-likeness (QED) is 0.0790. The standard InChI is InChI=1S/C69H70Br2N2/c1-7-9-11-13-15-49-37-45(3)67(46(4)38-49)72(59-29-25-57(70)26-30-59)61-33-35-63-64-36-34-62(73(60-31-27-58(71)28-32-60)68-47(5)39-50(40-48(68)6)16-14-12-10-8-2)44-66(64)69(65(63)43-61,55-23-21-51-17-19-53(51)41-55)56-24-22-52-18-20-54(52)42-56/h21-44H,7-20H2,1-6H3. The largest absolute Gasteiger partial charge is 0.310 e. The summed E-state index contributed by atoms with van der Waals surface area (Å²) in [5, 5.41) is 0. The Kier molecular flexibility index (Phi) is 14.2. The molecule has 8 aromatic rings. The lowest BCUT2D eigenvalue weighted by Crippen LogP contribution is -2.31. The van der Waals surface area contributed by atoms with Crippen molar-refractivity contribution in [2.45, 2.75) is 137 Å². The van der Waals surface area contributed by atoms with Crippen LogP contribution in [0.5, 0.6) is 0 Å². The maximum absolute atomic E-state index is 3.78. The van der Waals surface area contributed by atoms with Gasteiger partial charge in [-0.2, -0.15) is 0 Å². The van der Waals surface area contributed by atoms with Gasteiger partial charge in [-0.1, -0.05) is 157 Å². The van der Waals surface area contributed by atoms with E-state index in [-0.39, 0.29) is 0 Å². The topological polar surface area (TPSA) is 6.48 Å². The smallest absolute Gasteiger partial charge is 0.0715 e. The maximum Gasteiger partial charge on any atom is 0.0715 e. The molecule has 3 aliphatic carbocycles. The third kappa shape index (κ3) is 9.24. The lowest BCUT2D eigenvalue weighted by Gasteiger charge is -2.38. The first-order chi connectivity index (χ1) is 35.5. The summed E-state index contributed by atoms with van der Waals surface area (Å²) in [5.41, 5.74) is 28.6. The highest BCUT2D eigenvalue weighted by Crippen LogP contribution is 2.60. The van der Waals surface area contributed by atoms with Crippen molar-refractivity contribution >= 4 is 66.0 Å². The molecule has 73 heavy (non-hydrogen) atoms. The Balaban J connectivity index is 1.14. The van der Waals surface area contributed by atoms with Crippen LogP contribution in [-0.4, -0.2) is 0 Å². The molecule has 0 atom stereocenters. The summed E-state index contributed by atoms with van der Waals surface area (Å²) in [7, 11) is 0. The van der Waals surface area contributed by atoms with Crippen molar-refractivity contribution in [2.24, 2.45) is 0 Å². The molecule has 11 rings (SSSR count). The summed E-state index contributed by atoms with van der Waals surface area (Å²) in [5.74, 6) is 0. The van der Waals surface area contributed by atoms with E-state index in [0.717, 1.165) is 58.8 Å². The molecule has 370 valence electrons. The lowest BCUT2D eigenvalue weighted by atomic mass is 9.65. The fourth-order valence-electron chi connectivity index (χ4n) is 12.8. The highest BCUT2D eigenvalue weighted by molar-refractivity contribution is 9.10. The fraction of sp³-hybridized carbons (Fsp3) is 0.304. The molecule has 8 aromatic carbocycles. The van der Waals surface area contributed by atoms with E-state index < -0.39 is 5.41 Å². The first-order valence-corrected chi connectivity index (χ1v) is 29.0. The highest BCUT2D eigenvalue weighted by atomic mass is 79.9. The summed E-state index contributed by atoms with van der Waals surface area (Å²) in [6, 6.07) is 57.5. The molecule has 0 spiro atoms. The summed E-state index contributed by atoms with van der Waals surface area (Å²) in [6.07, 6.45) is 16.9. The SMILES string of the molecule is CCCCCCc1cc(C)c(N(c2ccc(Br)cc2)c2ccc3c(c2)C(c2ccc4c(c2)CC4)(c2ccc4c(c2)CC4)c2cc(N(c4ccc(Br)cc4)c4c(C)cc(CCCCCC)cc4C)ccc2-3)c(C)c1. The summed E-state index contributed by atoms with van der Waals surface area (Å²) in [4.78, 5) is 5.09. The van der Waals surface area contributed by atoms with Gasteiger partial charge in [0, 0.05) is 31.7 Å². The molecule has 0 saturated carbocycles. The molecule has 0 aliphatic heterocycles. The molecule has 0 heterocycles. The van der Waals surface area contributed by atoms with Crippen molar-refractivity contribution < 1.29 is 0 Å². The molecule has 0 amide bonds. The van der Waals surface area contributed by atoms with Crippen molar-refractivity contribution in [1.82, 2.24) is 0 Å². The van der Waals surface area contributed by atoms with E-state index in [2.05, 4.69) is 229 Å². The molecule has 4 heteroatoms. The van der Waals surface area contributed by atoms with Gasteiger partial charge >= 0.3 is 0 Å². The number of unbranched alkanes of at least 4 members (excludes halogenated alkanes) is 6. The second-order valence-electron chi connectivity index (χ2n) is 21.6. The average Bonchev–Trinajstić information content (AvgIpc) is 3.65. The molecule has 0 fully saturated rings. The van der Waals surface area contributed by atoms with Gasteiger partial charge in [-0.15, -0.1) is 0 Å². The molecule has 0 N–H and O–H groups in total. The Morgan fingerprint density at radius 3 is 1.10 bits per heavy atom. The Labute approximate surface area is 453 Å². The third-order valence-corrected chi connectivity index (χ3v) is 17.6. The van der Waals surface area contributed by atoms with Gasteiger partial charge in [-0.3, -0.25) is 0 Å². The zero-order valence-corrected chi connectivity index (χ0v) is 47.1. The number of hydrogen-bond donors (Lipinski definition) is 0. The molecular formula is C69H70Br2N2. The minimum Gasteiger partial charge on any atom is -0.310 e. The van der Waals surface area contributed by atoms with Crippen molar-refractivity contribution in [1.29, 1.82) is 0 Å². The summed E-state index contributed by atoms with van der Waals surface area (Å²) >= 11 is 7.57. The van der Waals surface area contributed by atoms with E-state index in [1.165, 1.54) is 163 Å². The lowest BCUT2D eigenvalue weighted by molar-refractivity contribution is 0.666. The monoisotopic (exact) mass is 1080 g/mol. The zero-order valence-electron chi connectivity index (χ0n) is 43.9. The number of anilines is 6. The second-order valence-corrected chi connectivity index (χ2v) is 23.4. The Morgan fingerprint density at radius 1 is 0.384 bits per heavy atom. The van der Waals surface area contributed by atoms with Gasteiger partial charge in [0.25, 0.3) is 0 Å². The van der Waals surface area contributed by atoms with Gasteiger partial charge in [-0.25, -0.2) is 0 Å². The van der Waals surface area contributed by atoms with Crippen LogP contribution in [0.3, 0.4) is 0 Å². The van der Waals surface area contributed by atoms with Crippen molar-refractivity contribution in [3.05, 3.63) is 232 Å². The third-order valence-electron chi connectivity index (χ3n) is 16.6. The van der Waals surface area contributed by atoms with Crippen LogP contribution in [-0.2, 0) is 43.9 Å². The van der Waals surface area contributed by atoms with Gasteiger partial charge < -0.3 is 9.80 Å². The minimum atomic E-state index is -0.596. The minimum absolute atomic E-state index is 0.596. The predicted molar refractivity (Wildman–Crippen MR) is 318 cm³/mol.